The number of ether oxygens (including phenoxy) is 2. The van der Waals surface area contributed by atoms with Crippen molar-refractivity contribution in [2.45, 2.75) is 67.5 Å². The van der Waals surface area contributed by atoms with Gasteiger partial charge < -0.3 is 65.8 Å². The first kappa shape index (κ1) is 33.9. The van der Waals surface area contributed by atoms with E-state index < -0.39 is 102 Å². The lowest BCUT2D eigenvalue weighted by Gasteiger charge is -2.42. The molecule has 13 atom stereocenters. The summed E-state index contributed by atoms with van der Waals surface area (Å²) in [5.41, 5.74) is 4.48. The number of phosphoric ester groups is 2. The van der Waals surface area contributed by atoms with Crippen LogP contribution in [0, 0.1) is 0 Å². The minimum Gasteiger partial charge on any atom is -0.394 e. The van der Waals surface area contributed by atoms with E-state index in [2.05, 4.69) is 28.3 Å². The Labute approximate surface area is 238 Å². The van der Waals surface area contributed by atoms with Crippen molar-refractivity contribution < 1.29 is 82.6 Å². The molecule has 43 heavy (non-hydrogen) atoms. The number of hydrogen-bond donors (Lipinski definition) is 12. The molecule has 2 aromatic rings. The summed E-state index contributed by atoms with van der Waals surface area (Å²) in [5, 5.41) is 79.4. The van der Waals surface area contributed by atoms with E-state index in [-0.39, 0.29) is 17.1 Å². The molecule has 4 heterocycles. The van der Waals surface area contributed by atoms with Gasteiger partial charge in [0.25, 0.3) is 5.56 Å². The lowest BCUT2D eigenvalue weighted by atomic mass is 9.93. The number of aromatic nitrogens is 4. The van der Waals surface area contributed by atoms with E-state index in [1.165, 1.54) is 0 Å². The highest BCUT2D eigenvalue weighted by Crippen LogP contribution is 2.61. The number of nitrogens with zero attached hydrogens (tertiary/aromatic N) is 3. The van der Waals surface area contributed by atoms with Crippen molar-refractivity contribution in [1.82, 2.24) is 19.5 Å². The number of rotatable bonds is 11. The summed E-state index contributed by atoms with van der Waals surface area (Å²) in [5.74, 6) is -0.299. The third kappa shape index (κ3) is 7.13. The molecule has 2 aliphatic heterocycles. The highest BCUT2D eigenvalue weighted by atomic mass is 31.3. The number of aliphatic hydroxyl groups excluding tert-OH is 8. The van der Waals surface area contributed by atoms with Gasteiger partial charge in [0.2, 0.25) is 5.95 Å². The Balaban J connectivity index is 1.40. The van der Waals surface area contributed by atoms with Gasteiger partial charge >= 0.3 is 15.6 Å². The van der Waals surface area contributed by atoms with Crippen LogP contribution in [0.3, 0.4) is 0 Å². The van der Waals surface area contributed by atoms with Crippen LogP contribution in [-0.4, -0.2) is 145 Å². The summed E-state index contributed by atoms with van der Waals surface area (Å²) in [6.07, 6.45) is -20.6. The van der Waals surface area contributed by atoms with Crippen LogP contribution in [0.25, 0.3) is 11.2 Å². The zero-order chi connectivity index (χ0) is 32.0. The first-order valence-corrected chi connectivity index (χ1v) is 15.1. The van der Waals surface area contributed by atoms with Crippen LogP contribution in [0.15, 0.2) is 11.1 Å². The molecule has 25 heteroatoms. The fourth-order valence-corrected chi connectivity index (χ4v) is 6.43. The number of phosphoric acid groups is 2. The zero-order valence-corrected chi connectivity index (χ0v) is 23.2. The van der Waals surface area contributed by atoms with E-state index in [4.69, 9.17) is 20.3 Å². The molecule has 13 N–H and O–H groups in total. The van der Waals surface area contributed by atoms with E-state index in [9.17, 15) is 59.5 Å². The number of hydrogen-bond acceptors (Lipinski definition) is 19. The monoisotopic (exact) mass is 665 g/mol. The number of fused-ring (bicyclic) bond motifs is 1. The third-order valence-electron chi connectivity index (χ3n) is 6.43. The second-order valence-corrected chi connectivity index (χ2v) is 12.4. The Kier molecular flexibility index (Phi) is 10.1. The fraction of sp³-hybridized carbons (Fsp3) is 0.722. The van der Waals surface area contributed by atoms with Crippen LogP contribution in [0.4, 0.5) is 5.95 Å². The Bertz CT molecular complexity index is 1440. The summed E-state index contributed by atoms with van der Waals surface area (Å²) < 4.78 is 49.4. The molecule has 0 radical (unpaired) electrons. The Morgan fingerprint density at radius 3 is 2.35 bits per heavy atom. The predicted molar refractivity (Wildman–Crippen MR) is 132 cm³/mol. The van der Waals surface area contributed by atoms with Crippen LogP contribution in [0.5, 0.6) is 0 Å². The molecular weight excluding hydrogens is 636 g/mol. The topological polar surface area (TPSA) is 372 Å². The van der Waals surface area contributed by atoms with Crippen molar-refractivity contribution in [3.63, 3.8) is 0 Å². The van der Waals surface area contributed by atoms with Gasteiger partial charge in [-0.3, -0.25) is 23.4 Å². The molecule has 2 fully saturated rings. The van der Waals surface area contributed by atoms with Gasteiger partial charge in [0.15, 0.2) is 23.7 Å². The zero-order valence-electron chi connectivity index (χ0n) is 21.4. The number of nitrogen functional groups attached to an aromatic ring is 1. The standard InChI is InChI=1S/C18H29N5O18P2/c19-18-21-14-6(15(32)22-18)20-3-23(14)16-11(30)8(27)5(38-16)2-37-42(33,34)41-43(35,36)40-17-12(31)9(28)10(29)13(39-17)7(26)4(25)1-24/h3-5,7-13,16-17,24-31H,1-2H2,(H,33,34)(H,35,36)(H3,19,21,22,32)/t4-,5-,7-,8-,9+,10+,11-,12-,13-,16-,17-/m1/s1. The van der Waals surface area contributed by atoms with Gasteiger partial charge in [-0.2, -0.15) is 9.29 Å². The van der Waals surface area contributed by atoms with E-state index in [1.54, 1.807) is 0 Å². The molecule has 0 amide bonds. The average Bonchev–Trinajstić information content (AvgIpc) is 3.46. The van der Waals surface area contributed by atoms with E-state index >= 15 is 0 Å². The molecule has 2 aliphatic rings. The number of aromatic amines is 1. The van der Waals surface area contributed by atoms with Gasteiger partial charge in [-0.25, -0.2) is 14.1 Å². The molecule has 0 aromatic carbocycles. The van der Waals surface area contributed by atoms with Crippen LogP contribution in [-0.2, 0) is 32.0 Å². The number of imidazole rings is 1. The van der Waals surface area contributed by atoms with Crippen molar-refractivity contribution >= 4 is 32.8 Å². The van der Waals surface area contributed by atoms with E-state index in [1.807, 2.05) is 0 Å². The summed E-state index contributed by atoms with van der Waals surface area (Å²) in [6, 6.07) is 0. The normalized spacial score (nSPS) is 35.8. The van der Waals surface area contributed by atoms with Crippen molar-refractivity contribution in [2.75, 3.05) is 18.9 Å². The maximum Gasteiger partial charge on any atom is 0.483 e. The molecule has 0 spiro atoms. The van der Waals surface area contributed by atoms with Crippen LogP contribution >= 0.6 is 15.6 Å². The van der Waals surface area contributed by atoms with E-state index in [0.717, 1.165) is 10.9 Å². The Morgan fingerprint density at radius 1 is 1.02 bits per heavy atom. The average molecular weight is 665 g/mol. The quantitative estimate of drug-likeness (QED) is 0.0994. The third-order valence-corrected chi connectivity index (χ3v) is 9.03. The largest absolute Gasteiger partial charge is 0.483 e. The van der Waals surface area contributed by atoms with Gasteiger partial charge in [0, 0.05) is 0 Å². The Hall–Kier alpha value is -1.99. The maximum absolute atomic E-state index is 12.4. The van der Waals surface area contributed by atoms with Gasteiger partial charge in [-0.1, -0.05) is 0 Å². The van der Waals surface area contributed by atoms with Crippen LogP contribution < -0.4 is 11.3 Å². The van der Waals surface area contributed by atoms with E-state index in [0.29, 0.717) is 0 Å². The lowest BCUT2D eigenvalue weighted by Crippen LogP contribution is -2.62. The summed E-state index contributed by atoms with van der Waals surface area (Å²) >= 11 is 0. The van der Waals surface area contributed by atoms with Gasteiger partial charge in [0.1, 0.15) is 54.9 Å². The van der Waals surface area contributed by atoms with Gasteiger partial charge in [0.05, 0.1) is 19.5 Å². The SMILES string of the molecule is Nc1nc2c(ncn2[C@@H]2O[C@H](COP(=O)(O)OP(=O)(O)O[C@H]3O[C@H]([C@H](O)[C@H](O)CO)[C@@H](O)[C@H](O)[C@H]3O)[C@@H](O)[C@H]2O)c(=O)[nH]1. The number of anilines is 1. The molecule has 0 aliphatic carbocycles. The van der Waals surface area contributed by atoms with Crippen molar-refractivity contribution in [3.05, 3.63) is 16.7 Å². The van der Waals surface area contributed by atoms with Gasteiger partial charge in [-0.05, 0) is 0 Å². The smallest absolute Gasteiger partial charge is 0.394 e. The minimum absolute atomic E-state index is 0.140. The molecular formula is C18H29N5O18P2. The molecule has 23 nitrogen and oxygen atoms in total. The first-order valence-electron chi connectivity index (χ1n) is 12.1. The molecule has 0 bridgehead atoms. The number of H-pyrrole nitrogens is 1. The molecule has 2 saturated heterocycles. The minimum atomic E-state index is -5.76. The molecule has 0 saturated carbocycles. The molecule has 244 valence electrons. The van der Waals surface area contributed by atoms with Crippen molar-refractivity contribution in [3.8, 4) is 0 Å². The maximum atomic E-state index is 12.4. The predicted octanol–water partition coefficient (Wildman–Crippen LogP) is -5.91. The molecule has 2 aromatic heterocycles. The summed E-state index contributed by atoms with van der Waals surface area (Å²) in [7, 11) is -11.3. The number of nitrogens with one attached hydrogen (secondary N) is 1. The highest BCUT2D eigenvalue weighted by molar-refractivity contribution is 7.61. The molecule has 2 unspecified atom stereocenters. The Morgan fingerprint density at radius 2 is 1.70 bits per heavy atom. The highest BCUT2D eigenvalue weighted by Gasteiger charge is 2.52. The second kappa shape index (κ2) is 12.8. The second-order valence-electron chi connectivity index (χ2n) is 9.42. The van der Waals surface area contributed by atoms with Crippen molar-refractivity contribution in [1.29, 1.82) is 0 Å². The lowest BCUT2D eigenvalue weighted by molar-refractivity contribution is -0.297. The summed E-state index contributed by atoms with van der Waals surface area (Å²) in [4.78, 5) is 41.9. The van der Waals surface area contributed by atoms with Crippen LogP contribution in [0.2, 0.25) is 0 Å². The number of nitrogens with two attached hydrogens (primary N) is 1. The van der Waals surface area contributed by atoms with Gasteiger partial charge in [-0.15, -0.1) is 0 Å². The number of aliphatic hydroxyl groups is 8. The summed E-state index contributed by atoms with van der Waals surface area (Å²) in [6.45, 7) is -2.09. The van der Waals surface area contributed by atoms with Crippen molar-refractivity contribution in [2.24, 2.45) is 0 Å². The van der Waals surface area contributed by atoms with Crippen LogP contribution in [0.1, 0.15) is 6.23 Å². The fourth-order valence-electron chi connectivity index (χ4n) is 4.27. The molecule has 4 rings (SSSR count). The first-order chi connectivity index (χ1) is 20.0.